The summed E-state index contributed by atoms with van der Waals surface area (Å²) in [5.74, 6) is 0. The number of hydrogen-bond donors (Lipinski definition) is 1. The lowest BCUT2D eigenvalue weighted by Crippen LogP contribution is -2.06. The maximum atomic E-state index is 10.6. The molecule has 19 heavy (non-hydrogen) atoms. The molecule has 4 nitrogen and oxygen atoms in total. The molecule has 98 valence electrons. The van der Waals surface area contributed by atoms with E-state index in [0.29, 0.717) is 0 Å². The van der Waals surface area contributed by atoms with Crippen LogP contribution in [-0.4, -0.2) is 4.92 Å². The highest BCUT2D eigenvalue weighted by Gasteiger charge is 2.08. The first-order chi connectivity index (χ1) is 9.06. The van der Waals surface area contributed by atoms with Gasteiger partial charge in [0, 0.05) is 23.9 Å². The zero-order valence-corrected chi connectivity index (χ0v) is 11.0. The van der Waals surface area contributed by atoms with Crippen molar-refractivity contribution in [2.75, 3.05) is 5.32 Å². The predicted octanol–water partition coefficient (Wildman–Crippen LogP) is 4.08. The van der Waals surface area contributed by atoms with Crippen molar-refractivity contribution in [2.24, 2.45) is 0 Å². The van der Waals surface area contributed by atoms with Gasteiger partial charge in [0.15, 0.2) is 0 Å². The SMILES string of the molecule is Cc1cccc(NC(C)c2ccc([N+](=O)[O-])cc2)c1. The Balaban J connectivity index is 2.11. The zero-order chi connectivity index (χ0) is 13.8. The molecule has 1 N–H and O–H groups in total. The highest BCUT2D eigenvalue weighted by Crippen LogP contribution is 2.22. The minimum absolute atomic E-state index is 0.0996. The van der Waals surface area contributed by atoms with E-state index in [9.17, 15) is 10.1 Å². The maximum Gasteiger partial charge on any atom is 0.269 e. The minimum atomic E-state index is -0.386. The lowest BCUT2D eigenvalue weighted by molar-refractivity contribution is -0.384. The largest absolute Gasteiger partial charge is 0.379 e. The minimum Gasteiger partial charge on any atom is -0.379 e. The number of benzene rings is 2. The van der Waals surface area contributed by atoms with Crippen molar-refractivity contribution in [3.05, 3.63) is 69.8 Å². The Morgan fingerprint density at radius 1 is 1.16 bits per heavy atom. The summed E-state index contributed by atoms with van der Waals surface area (Å²) in [6, 6.07) is 14.9. The van der Waals surface area contributed by atoms with E-state index in [0.717, 1.165) is 11.3 Å². The summed E-state index contributed by atoms with van der Waals surface area (Å²) in [4.78, 5) is 10.2. The molecule has 0 aromatic heterocycles. The molecule has 2 aromatic carbocycles. The van der Waals surface area contributed by atoms with Gasteiger partial charge in [-0.3, -0.25) is 10.1 Å². The van der Waals surface area contributed by atoms with Crippen LogP contribution in [0.15, 0.2) is 48.5 Å². The Bertz CT molecular complexity index is 579. The van der Waals surface area contributed by atoms with Gasteiger partial charge in [0.05, 0.1) is 4.92 Å². The van der Waals surface area contributed by atoms with Crippen molar-refractivity contribution in [1.82, 2.24) is 0 Å². The Labute approximate surface area is 112 Å². The molecule has 2 rings (SSSR count). The smallest absolute Gasteiger partial charge is 0.269 e. The van der Waals surface area contributed by atoms with Gasteiger partial charge in [-0.2, -0.15) is 0 Å². The summed E-state index contributed by atoms with van der Waals surface area (Å²) in [6.45, 7) is 4.07. The average Bonchev–Trinajstić information content (AvgIpc) is 2.39. The van der Waals surface area contributed by atoms with E-state index >= 15 is 0 Å². The van der Waals surface area contributed by atoms with Crippen LogP contribution in [0.1, 0.15) is 24.1 Å². The summed E-state index contributed by atoms with van der Waals surface area (Å²) in [6.07, 6.45) is 0. The molecule has 0 aliphatic carbocycles. The van der Waals surface area contributed by atoms with Gasteiger partial charge in [-0.1, -0.05) is 24.3 Å². The summed E-state index contributed by atoms with van der Waals surface area (Å²) in [5.41, 5.74) is 3.38. The average molecular weight is 256 g/mol. The van der Waals surface area contributed by atoms with Crippen LogP contribution in [0.4, 0.5) is 11.4 Å². The van der Waals surface area contributed by atoms with Gasteiger partial charge in [0.2, 0.25) is 0 Å². The molecule has 0 amide bonds. The molecule has 0 fully saturated rings. The Hall–Kier alpha value is -2.36. The third-order valence-corrected chi connectivity index (χ3v) is 3.01. The number of nitrogens with one attached hydrogen (secondary N) is 1. The molecule has 0 saturated heterocycles. The quantitative estimate of drug-likeness (QED) is 0.662. The van der Waals surface area contributed by atoms with Gasteiger partial charge >= 0.3 is 0 Å². The van der Waals surface area contributed by atoms with E-state index < -0.39 is 0 Å². The fraction of sp³-hybridized carbons (Fsp3) is 0.200. The Morgan fingerprint density at radius 3 is 2.42 bits per heavy atom. The normalized spacial score (nSPS) is 11.9. The number of nitrogens with zero attached hydrogens (tertiary/aromatic N) is 1. The highest BCUT2D eigenvalue weighted by molar-refractivity contribution is 5.48. The van der Waals surface area contributed by atoms with Crippen LogP contribution in [0.5, 0.6) is 0 Å². The third kappa shape index (κ3) is 3.31. The van der Waals surface area contributed by atoms with Crippen molar-refractivity contribution in [3.63, 3.8) is 0 Å². The monoisotopic (exact) mass is 256 g/mol. The molecular formula is C15H16N2O2. The Kier molecular flexibility index (Phi) is 3.80. The van der Waals surface area contributed by atoms with Crippen molar-refractivity contribution in [3.8, 4) is 0 Å². The topological polar surface area (TPSA) is 55.2 Å². The van der Waals surface area contributed by atoms with E-state index in [-0.39, 0.29) is 16.7 Å². The number of anilines is 1. The second-order valence-corrected chi connectivity index (χ2v) is 4.58. The van der Waals surface area contributed by atoms with Gasteiger partial charge < -0.3 is 5.32 Å². The number of hydrogen-bond acceptors (Lipinski definition) is 3. The number of nitro groups is 1. The van der Waals surface area contributed by atoms with Crippen LogP contribution >= 0.6 is 0 Å². The third-order valence-electron chi connectivity index (χ3n) is 3.01. The lowest BCUT2D eigenvalue weighted by Gasteiger charge is -2.16. The number of aryl methyl sites for hydroxylation is 1. The first-order valence-electron chi connectivity index (χ1n) is 6.14. The van der Waals surface area contributed by atoms with Crippen LogP contribution in [-0.2, 0) is 0 Å². The van der Waals surface area contributed by atoms with Crippen LogP contribution in [0.3, 0.4) is 0 Å². The zero-order valence-electron chi connectivity index (χ0n) is 11.0. The van der Waals surface area contributed by atoms with Crippen molar-refractivity contribution in [2.45, 2.75) is 19.9 Å². The number of non-ortho nitro benzene ring substituents is 1. The van der Waals surface area contributed by atoms with Crippen molar-refractivity contribution >= 4 is 11.4 Å². The van der Waals surface area contributed by atoms with E-state index in [1.54, 1.807) is 12.1 Å². The van der Waals surface area contributed by atoms with Crippen molar-refractivity contribution in [1.29, 1.82) is 0 Å². The van der Waals surface area contributed by atoms with Crippen LogP contribution in [0, 0.1) is 17.0 Å². The number of nitro benzene ring substituents is 1. The molecular weight excluding hydrogens is 240 g/mol. The molecule has 1 unspecified atom stereocenters. The molecule has 0 saturated carbocycles. The van der Waals surface area contributed by atoms with Gasteiger partial charge in [-0.15, -0.1) is 0 Å². The van der Waals surface area contributed by atoms with Crippen LogP contribution in [0.2, 0.25) is 0 Å². The number of rotatable bonds is 4. The van der Waals surface area contributed by atoms with E-state index in [1.807, 2.05) is 32.0 Å². The summed E-state index contributed by atoms with van der Waals surface area (Å²) in [7, 11) is 0. The molecule has 0 heterocycles. The molecule has 0 spiro atoms. The van der Waals surface area contributed by atoms with E-state index in [2.05, 4.69) is 11.4 Å². The van der Waals surface area contributed by atoms with Gasteiger partial charge in [0.1, 0.15) is 0 Å². The van der Waals surface area contributed by atoms with Gasteiger partial charge in [-0.25, -0.2) is 0 Å². The summed E-state index contributed by atoms with van der Waals surface area (Å²) < 4.78 is 0. The fourth-order valence-electron chi connectivity index (χ4n) is 1.95. The molecule has 1 atom stereocenters. The fourth-order valence-corrected chi connectivity index (χ4v) is 1.95. The molecule has 4 heteroatoms. The maximum absolute atomic E-state index is 10.6. The predicted molar refractivity (Wildman–Crippen MR) is 76.3 cm³/mol. The second-order valence-electron chi connectivity index (χ2n) is 4.58. The van der Waals surface area contributed by atoms with Gasteiger partial charge in [-0.05, 0) is 37.1 Å². The van der Waals surface area contributed by atoms with E-state index in [1.165, 1.54) is 17.7 Å². The molecule has 0 aliphatic rings. The standard InChI is InChI=1S/C15H16N2O2/c1-11-4-3-5-14(10-11)16-12(2)13-6-8-15(9-7-13)17(18)19/h3-10,12,16H,1-2H3. The van der Waals surface area contributed by atoms with Crippen LogP contribution in [0.25, 0.3) is 0 Å². The summed E-state index contributed by atoms with van der Waals surface area (Å²) in [5, 5.41) is 14.0. The Morgan fingerprint density at radius 2 is 1.84 bits per heavy atom. The first-order valence-corrected chi connectivity index (χ1v) is 6.14. The lowest BCUT2D eigenvalue weighted by atomic mass is 10.1. The highest BCUT2D eigenvalue weighted by atomic mass is 16.6. The molecule has 2 aromatic rings. The molecule has 0 bridgehead atoms. The second kappa shape index (κ2) is 5.52. The van der Waals surface area contributed by atoms with E-state index in [4.69, 9.17) is 0 Å². The van der Waals surface area contributed by atoms with Gasteiger partial charge in [0.25, 0.3) is 5.69 Å². The summed E-state index contributed by atoms with van der Waals surface area (Å²) >= 11 is 0. The molecule has 0 radical (unpaired) electrons. The first kappa shape index (κ1) is 13.1. The molecule has 0 aliphatic heterocycles. The van der Waals surface area contributed by atoms with Crippen LogP contribution < -0.4 is 5.32 Å². The van der Waals surface area contributed by atoms with Crippen molar-refractivity contribution < 1.29 is 4.92 Å².